The van der Waals surface area contributed by atoms with Gasteiger partial charge in [-0.3, -0.25) is 9.10 Å². The molecule has 0 aromatic heterocycles. The highest BCUT2D eigenvalue weighted by atomic mass is 32.2. The molecular formula is C17H17NO4S. The Bertz CT molecular complexity index is 860. The molecule has 1 aliphatic heterocycles. The molecule has 0 unspecified atom stereocenters. The number of sulfonamides is 1. The van der Waals surface area contributed by atoms with E-state index in [9.17, 15) is 18.3 Å². The van der Waals surface area contributed by atoms with Crippen LogP contribution in [0.3, 0.4) is 0 Å². The van der Waals surface area contributed by atoms with Gasteiger partial charge in [-0.15, -0.1) is 0 Å². The summed E-state index contributed by atoms with van der Waals surface area (Å²) in [7, 11) is -3.78. The van der Waals surface area contributed by atoms with E-state index in [-0.39, 0.29) is 11.4 Å². The van der Waals surface area contributed by atoms with Crippen molar-refractivity contribution in [1.29, 1.82) is 0 Å². The predicted molar refractivity (Wildman–Crippen MR) is 87.2 cm³/mol. The van der Waals surface area contributed by atoms with Gasteiger partial charge in [0.1, 0.15) is 5.92 Å². The van der Waals surface area contributed by atoms with Crippen LogP contribution in [-0.4, -0.2) is 26.0 Å². The van der Waals surface area contributed by atoms with E-state index in [1.165, 1.54) is 4.31 Å². The van der Waals surface area contributed by atoms with Gasteiger partial charge in [0.15, 0.2) is 0 Å². The molecule has 2 aromatic rings. The van der Waals surface area contributed by atoms with Gasteiger partial charge >= 0.3 is 5.97 Å². The molecule has 5 nitrogen and oxygen atoms in total. The third-order valence-corrected chi connectivity index (χ3v) is 5.90. The summed E-state index contributed by atoms with van der Waals surface area (Å²) < 4.78 is 27.1. The molecule has 23 heavy (non-hydrogen) atoms. The van der Waals surface area contributed by atoms with Crippen LogP contribution in [0.15, 0.2) is 53.4 Å². The average molecular weight is 331 g/mol. The first-order valence-electron chi connectivity index (χ1n) is 7.38. The maximum Gasteiger partial charge on any atom is 0.312 e. The van der Waals surface area contributed by atoms with Crippen LogP contribution in [0.2, 0.25) is 0 Å². The number of hydrogen-bond donors (Lipinski definition) is 1. The van der Waals surface area contributed by atoms with Crippen molar-refractivity contribution < 1.29 is 18.3 Å². The van der Waals surface area contributed by atoms with Crippen LogP contribution in [0.1, 0.15) is 24.0 Å². The van der Waals surface area contributed by atoms with Crippen molar-refractivity contribution in [2.45, 2.75) is 24.2 Å². The Kier molecular flexibility index (Phi) is 3.85. The van der Waals surface area contributed by atoms with Crippen LogP contribution in [0.4, 0.5) is 5.69 Å². The number of carboxylic acid groups (broad SMARTS) is 1. The van der Waals surface area contributed by atoms with Gasteiger partial charge in [-0.1, -0.05) is 37.3 Å². The highest BCUT2D eigenvalue weighted by molar-refractivity contribution is 7.92. The second-order valence-corrected chi connectivity index (χ2v) is 7.35. The van der Waals surface area contributed by atoms with Crippen LogP contribution < -0.4 is 4.31 Å². The molecule has 0 spiro atoms. The molecule has 0 radical (unpaired) electrons. The van der Waals surface area contributed by atoms with Crippen molar-refractivity contribution >= 4 is 21.7 Å². The van der Waals surface area contributed by atoms with Gasteiger partial charge < -0.3 is 5.11 Å². The van der Waals surface area contributed by atoms with Gasteiger partial charge in [0, 0.05) is 0 Å². The molecule has 1 aliphatic rings. The lowest BCUT2D eigenvalue weighted by Crippen LogP contribution is -2.31. The summed E-state index contributed by atoms with van der Waals surface area (Å²) in [5.41, 5.74) is 1.91. The van der Waals surface area contributed by atoms with E-state index in [0.717, 1.165) is 12.0 Å². The SMILES string of the molecule is CCc1cccc(S(=O)(=O)N2C[C@@H](C(=O)O)c3ccccc32)c1. The molecule has 6 heteroatoms. The first-order valence-corrected chi connectivity index (χ1v) is 8.82. The predicted octanol–water partition coefficient (Wildman–Crippen LogP) is 2.63. The highest BCUT2D eigenvalue weighted by Gasteiger charge is 2.39. The van der Waals surface area contributed by atoms with Crippen molar-refractivity contribution in [3.63, 3.8) is 0 Å². The van der Waals surface area contributed by atoms with Gasteiger partial charge in [0.25, 0.3) is 10.0 Å². The molecule has 3 rings (SSSR count). The van der Waals surface area contributed by atoms with E-state index in [1.54, 1.807) is 42.5 Å². The van der Waals surface area contributed by atoms with Crippen LogP contribution in [0, 0.1) is 0 Å². The normalized spacial score (nSPS) is 17.1. The zero-order valence-electron chi connectivity index (χ0n) is 12.6. The maximum atomic E-state index is 13.0. The van der Waals surface area contributed by atoms with Crippen molar-refractivity contribution in [2.24, 2.45) is 0 Å². The van der Waals surface area contributed by atoms with Gasteiger partial charge in [-0.25, -0.2) is 8.42 Å². The molecule has 0 aliphatic carbocycles. The fourth-order valence-electron chi connectivity index (χ4n) is 2.86. The molecule has 0 saturated carbocycles. The quantitative estimate of drug-likeness (QED) is 0.934. The summed E-state index contributed by atoms with van der Waals surface area (Å²) in [4.78, 5) is 11.6. The van der Waals surface area contributed by atoms with Crippen LogP contribution in [0.25, 0.3) is 0 Å². The lowest BCUT2D eigenvalue weighted by atomic mass is 10.0. The molecule has 0 fully saturated rings. The Morgan fingerprint density at radius 3 is 2.65 bits per heavy atom. The van der Waals surface area contributed by atoms with Crippen molar-refractivity contribution in [2.75, 3.05) is 10.8 Å². The molecule has 1 N–H and O–H groups in total. The third-order valence-electron chi connectivity index (χ3n) is 4.12. The standard InChI is InChI=1S/C17H17NO4S/c1-2-12-6-5-7-13(10-12)23(21,22)18-11-15(17(19)20)14-8-3-4-9-16(14)18/h3-10,15H,2,11H2,1H3,(H,19,20)/t15-/m1/s1. The van der Waals surface area contributed by atoms with Crippen molar-refractivity contribution in [3.8, 4) is 0 Å². The minimum atomic E-state index is -3.78. The molecule has 1 atom stereocenters. The molecule has 0 bridgehead atoms. The Morgan fingerprint density at radius 2 is 1.96 bits per heavy atom. The van der Waals surface area contributed by atoms with Gasteiger partial charge in [-0.05, 0) is 35.7 Å². The first kappa shape index (κ1) is 15.6. The first-order chi connectivity index (χ1) is 10.9. The Morgan fingerprint density at radius 1 is 1.22 bits per heavy atom. The van der Waals surface area contributed by atoms with E-state index >= 15 is 0 Å². The van der Waals surface area contributed by atoms with Crippen LogP contribution >= 0.6 is 0 Å². The number of nitrogens with zero attached hydrogens (tertiary/aromatic N) is 1. The minimum Gasteiger partial charge on any atom is -0.481 e. The van der Waals surface area contributed by atoms with E-state index < -0.39 is 21.9 Å². The molecule has 0 saturated heterocycles. The van der Waals surface area contributed by atoms with Crippen molar-refractivity contribution in [3.05, 3.63) is 59.7 Å². The van der Waals surface area contributed by atoms with E-state index in [2.05, 4.69) is 0 Å². The molecular weight excluding hydrogens is 314 g/mol. The zero-order valence-corrected chi connectivity index (χ0v) is 13.5. The number of para-hydroxylation sites is 1. The molecule has 120 valence electrons. The fourth-order valence-corrected chi connectivity index (χ4v) is 4.44. The summed E-state index contributed by atoms with van der Waals surface area (Å²) in [6.45, 7) is 1.88. The number of hydrogen-bond acceptors (Lipinski definition) is 3. The van der Waals surface area contributed by atoms with Crippen LogP contribution in [0.5, 0.6) is 0 Å². The summed E-state index contributed by atoms with van der Waals surface area (Å²) in [5, 5.41) is 9.37. The molecule has 1 heterocycles. The molecule has 2 aromatic carbocycles. The largest absolute Gasteiger partial charge is 0.481 e. The minimum absolute atomic E-state index is 0.0760. The van der Waals surface area contributed by atoms with E-state index in [1.807, 2.05) is 13.0 Å². The lowest BCUT2D eigenvalue weighted by Gasteiger charge is -2.20. The van der Waals surface area contributed by atoms with Gasteiger partial charge in [0.05, 0.1) is 17.1 Å². The third kappa shape index (κ3) is 2.59. The Labute approximate surface area is 135 Å². The Balaban J connectivity index is 2.09. The highest BCUT2D eigenvalue weighted by Crippen LogP contribution is 2.39. The lowest BCUT2D eigenvalue weighted by molar-refractivity contribution is -0.138. The summed E-state index contributed by atoms with van der Waals surface area (Å²) in [6, 6.07) is 13.5. The number of aliphatic carboxylic acids is 1. The number of rotatable bonds is 4. The van der Waals surface area contributed by atoms with E-state index in [4.69, 9.17) is 0 Å². The summed E-state index contributed by atoms with van der Waals surface area (Å²) in [5.74, 6) is -1.85. The maximum absolute atomic E-state index is 13.0. The van der Waals surface area contributed by atoms with Gasteiger partial charge in [0.2, 0.25) is 0 Å². The summed E-state index contributed by atoms with van der Waals surface area (Å²) in [6.07, 6.45) is 0.734. The topological polar surface area (TPSA) is 74.7 Å². The van der Waals surface area contributed by atoms with Gasteiger partial charge in [-0.2, -0.15) is 0 Å². The number of fused-ring (bicyclic) bond motifs is 1. The number of aryl methyl sites for hydroxylation is 1. The number of benzene rings is 2. The fraction of sp³-hybridized carbons (Fsp3) is 0.235. The number of anilines is 1. The van der Waals surface area contributed by atoms with Crippen molar-refractivity contribution in [1.82, 2.24) is 0 Å². The van der Waals surface area contributed by atoms with Crippen LogP contribution in [-0.2, 0) is 21.2 Å². The number of carbonyl (C=O) groups is 1. The summed E-state index contributed by atoms with van der Waals surface area (Å²) >= 11 is 0. The zero-order chi connectivity index (χ0) is 16.6. The molecule has 0 amide bonds. The van der Waals surface area contributed by atoms with E-state index in [0.29, 0.717) is 11.3 Å². The smallest absolute Gasteiger partial charge is 0.312 e. The average Bonchev–Trinajstić information content (AvgIpc) is 2.95. The monoisotopic (exact) mass is 331 g/mol. The second-order valence-electron chi connectivity index (χ2n) is 5.49. The second kappa shape index (κ2) is 5.70. The number of carboxylic acids is 1. The Hall–Kier alpha value is -2.34.